The molecule has 0 amide bonds. The Hall–Kier alpha value is -5.78. The van der Waals surface area contributed by atoms with Crippen molar-refractivity contribution in [3.05, 3.63) is 168 Å². The molecular formula is C38H28N4O3S. The van der Waals surface area contributed by atoms with E-state index in [0.29, 0.717) is 32.7 Å². The first-order valence-corrected chi connectivity index (χ1v) is 15.8. The number of thiazole rings is 1. The minimum absolute atomic E-state index is 0.194. The number of aromatic nitrogens is 2. The zero-order chi connectivity index (χ0) is 31.6. The maximum Gasteiger partial charge on any atom is 0.338 e. The van der Waals surface area contributed by atoms with Gasteiger partial charge in [-0.2, -0.15) is 5.26 Å². The van der Waals surface area contributed by atoms with Crippen molar-refractivity contribution in [2.45, 2.75) is 19.5 Å². The van der Waals surface area contributed by atoms with Crippen LogP contribution in [0.5, 0.6) is 0 Å². The molecule has 0 fully saturated rings. The lowest BCUT2D eigenvalue weighted by Crippen LogP contribution is -2.39. The van der Waals surface area contributed by atoms with Crippen LogP contribution in [0.15, 0.2) is 131 Å². The van der Waals surface area contributed by atoms with Crippen molar-refractivity contribution in [3.63, 3.8) is 0 Å². The van der Waals surface area contributed by atoms with Gasteiger partial charge in [0, 0.05) is 34.8 Å². The van der Waals surface area contributed by atoms with Crippen LogP contribution in [0.1, 0.15) is 40.8 Å². The van der Waals surface area contributed by atoms with Gasteiger partial charge in [-0.25, -0.2) is 9.79 Å². The Bertz CT molecular complexity index is 2360. The van der Waals surface area contributed by atoms with Crippen LogP contribution in [0.4, 0.5) is 0 Å². The molecule has 0 saturated carbocycles. The van der Waals surface area contributed by atoms with Gasteiger partial charge in [0.1, 0.15) is 0 Å². The molecule has 0 radical (unpaired) electrons. The SMILES string of the molecule is CCOC(=O)C1=C(c2ccccc2)N=c2s/c(=C/c3cn(Cc4ccccc4C#N)c4ccccc34)c(=O)n2[C@@H]1c1ccccc1. The highest BCUT2D eigenvalue weighted by Gasteiger charge is 2.35. The Kier molecular flexibility index (Phi) is 7.75. The average Bonchev–Trinajstić information content (AvgIpc) is 3.61. The van der Waals surface area contributed by atoms with E-state index >= 15 is 0 Å². The van der Waals surface area contributed by atoms with E-state index in [0.717, 1.165) is 33.2 Å². The molecule has 0 saturated heterocycles. The van der Waals surface area contributed by atoms with Gasteiger partial charge >= 0.3 is 5.97 Å². The molecule has 0 bridgehead atoms. The highest BCUT2D eigenvalue weighted by atomic mass is 32.1. The maximum absolute atomic E-state index is 14.4. The molecule has 224 valence electrons. The molecule has 2 aromatic heterocycles. The monoisotopic (exact) mass is 620 g/mol. The first kappa shape index (κ1) is 29.0. The van der Waals surface area contributed by atoms with Crippen molar-refractivity contribution in [1.82, 2.24) is 9.13 Å². The summed E-state index contributed by atoms with van der Waals surface area (Å²) < 4.78 is 9.78. The lowest BCUT2D eigenvalue weighted by atomic mass is 9.93. The van der Waals surface area contributed by atoms with Crippen molar-refractivity contribution in [2.75, 3.05) is 6.61 Å². The van der Waals surface area contributed by atoms with E-state index in [2.05, 4.69) is 10.6 Å². The second-order valence-corrected chi connectivity index (χ2v) is 11.8. The lowest BCUT2D eigenvalue weighted by Gasteiger charge is -2.25. The highest BCUT2D eigenvalue weighted by Crippen LogP contribution is 2.35. The lowest BCUT2D eigenvalue weighted by molar-refractivity contribution is -0.138. The average molecular weight is 621 g/mol. The molecule has 7 rings (SSSR count). The molecule has 0 N–H and O–H groups in total. The Balaban J connectivity index is 1.44. The Morgan fingerprint density at radius 2 is 1.65 bits per heavy atom. The van der Waals surface area contributed by atoms with Crippen molar-refractivity contribution < 1.29 is 9.53 Å². The van der Waals surface area contributed by atoms with Crippen LogP contribution in [0.2, 0.25) is 0 Å². The summed E-state index contributed by atoms with van der Waals surface area (Å²) in [5, 5.41) is 10.6. The summed E-state index contributed by atoms with van der Waals surface area (Å²) >= 11 is 1.30. The topological polar surface area (TPSA) is 89.4 Å². The molecule has 1 aliphatic heterocycles. The zero-order valence-electron chi connectivity index (χ0n) is 25.0. The van der Waals surface area contributed by atoms with Crippen LogP contribution in [0, 0.1) is 11.3 Å². The number of para-hydroxylation sites is 1. The van der Waals surface area contributed by atoms with Gasteiger partial charge in [0.2, 0.25) is 0 Å². The smallest absolute Gasteiger partial charge is 0.338 e. The van der Waals surface area contributed by atoms with Gasteiger partial charge < -0.3 is 9.30 Å². The molecular weight excluding hydrogens is 593 g/mol. The highest BCUT2D eigenvalue weighted by molar-refractivity contribution is 7.07. The standard InChI is InChI=1S/C38H28N4O3S/c1-2-45-37(44)33-34(25-13-5-3-6-14-25)40-38-42(35(33)26-15-7-4-8-16-26)36(43)32(46-38)21-29-24-41(31-20-12-11-19-30(29)31)23-28-18-10-9-17-27(28)22-39/h3-21,24,35H,2,23H2,1H3/b32-21+/t35-/m1/s1. The number of carbonyl (C=O) groups excluding carboxylic acids is 1. The Morgan fingerprint density at radius 3 is 2.41 bits per heavy atom. The van der Waals surface area contributed by atoms with Crippen LogP contribution in [0.25, 0.3) is 22.7 Å². The van der Waals surface area contributed by atoms with E-state index in [1.807, 2.05) is 121 Å². The summed E-state index contributed by atoms with van der Waals surface area (Å²) in [5.41, 5.74) is 5.55. The number of hydrogen-bond acceptors (Lipinski definition) is 6. The Labute approximate surface area is 268 Å². The normalized spacial score (nSPS) is 14.5. The maximum atomic E-state index is 14.4. The first-order chi connectivity index (χ1) is 22.6. The van der Waals surface area contributed by atoms with Crippen molar-refractivity contribution >= 4 is 40.0 Å². The van der Waals surface area contributed by atoms with Gasteiger partial charge in [-0.1, -0.05) is 108 Å². The van der Waals surface area contributed by atoms with Crippen molar-refractivity contribution in [3.8, 4) is 6.07 Å². The fourth-order valence-electron chi connectivity index (χ4n) is 6.00. The Morgan fingerprint density at radius 1 is 0.957 bits per heavy atom. The predicted molar refractivity (Wildman–Crippen MR) is 180 cm³/mol. The molecule has 7 nitrogen and oxygen atoms in total. The van der Waals surface area contributed by atoms with E-state index in [1.54, 1.807) is 11.5 Å². The van der Waals surface area contributed by atoms with E-state index < -0.39 is 12.0 Å². The number of benzene rings is 4. The van der Waals surface area contributed by atoms with Crippen LogP contribution < -0.4 is 14.9 Å². The third kappa shape index (κ3) is 5.17. The van der Waals surface area contributed by atoms with E-state index in [-0.39, 0.29) is 12.2 Å². The minimum atomic E-state index is -0.724. The number of esters is 1. The number of hydrogen-bond donors (Lipinski definition) is 0. The molecule has 0 unspecified atom stereocenters. The van der Waals surface area contributed by atoms with Crippen molar-refractivity contribution in [2.24, 2.45) is 4.99 Å². The van der Waals surface area contributed by atoms with Gasteiger partial charge in [-0.05, 0) is 36.3 Å². The summed E-state index contributed by atoms with van der Waals surface area (Å²) in [6.07, 6.45) is 3.92. The van der Waals surface area contributed by atoms with Gasteiger partial charge in [-0.3, -0.25) is 9.36 Å². The van der Waals surface area contributed by atoms with Crippen molar-refractivity contribution in [1.29, 1.82) is 5.26 Å². The van der Waals surface area contributed by atoms with Crippen LogP contribution in [-0.2, 0) is 16.1 Å². The summed E-state index contributed by atoms with van der Waals surface area (Å²) in [4.78, 5) is 33.4. The quantitative estimate of drug-likeness (QED) is 0.211. The molecule has 46 heavy (non-hydrogen) atoms. The third-order valence-electron chi connectivity index (χ3n) is 8.07. The van der Waals surface area contributed by atoms with Crippen LogP contribution in [0.3, 0.4) is 0 Å². The number of ether oxygens (including phenoxy) is 1. The second kappa shape index (κ2) is 12.3. The summed E-state index contributed by atoms with van der Waals surface area (Å²) in [6, 6.07) is 36.2. The first-order valence-electron chi connectivity index (χ1n) is 15.0. The summed E-state index contributed by atoms with van der Waals surface area (Å²) in [7, 11) is 0. The van der Waals surface area contributed by atoms with E-state index in [4.69, 9.17) is 9.73 Å². The largest absolute Gasteiger partial charge is 0.463 e. The van der Waals surface area contributed by atoms with Crippen LogP contribution in [-0.4, -0.2) is 21.7 Å². The number of fused-ring (bicyclic) bond motifs is 2. The molecule has 0 aliphatic carbocycles. The zero-order valence-corrected chi connectivity index (χ0v) is 25.8. The van der Waals surface area contributed by atoms with Gasteiger partial charge in [0.15, 0.2) is 4.80 Å². The fourth-order valence-corrected chi connectivity index (χ4v) is 7.00. The van der Waals surface area contributed by atoms with Gasteiger partial charge in [0.05, 0.1) is 40.1 Å². The molecule has 4 aromatic carbocycles. The molecule has 0 spiro atoms. The summed E-state index contributed by atoms with van der Waals surface area (Å²) in [5.74, 6) is -0.506. The second-order valence-electron chi connectivity index (χ2n) is 10.8. The fraction of sp³-hybridized carbons (Fsp3) is 0.105. The molecule has 3 heterocycles. The molecule has 1 aliphatic rings. The third-order valence-corrected chi connectivity index (χ3v) is 9.06. The van der Waals surface area contributed by atoms with Gasteiger partial charge in [0.25, 0.3) is 5.56 Å². The number of rotatable bonds is 7. The molecule has 8 heteroatoms. The number of nitriles is 1. The molecule has 1 atom stereocenters. The van der Waals surface area contributed by atoms with E-state index in [1.165, 1.54) is 11.3 Å². The number of nitrogens with zero attached hydrogens (tertiary/aromatic N) is 4. The predicted octanol–water partition coefficient (Wildman–Crippen LogP) is 5.81. The molecule has 6 aromatic rings. The van der Waals surface area contributed by atoms with Gasteiger partial charge in [-0.15, -0.1) is 0 Å². The minimum Gasteiger partial charge on any atom is -0.463 e. The summed E-state index contributed by atoms with van der Waals surface area (Å²) in [6.45, 7) is 2.47. The van der Waals surface area contributed by atoms with E-state index in [9.17, 15) is 14.9 Å². The van der Waals surface area contributed by atoms with Crippen LogP contribution >= 0.6 is 11.3 Å². The number of carbonyl (C=O) groups is 1.